The average molecular weight is 327 g/mol. The number of hydrogen-bond acceptors (Lipinski definition) is 3. The third-order valence-corrected chi connectivity index (χ3v) is 4.91. The van der Waals surface area contributed by atoms with Crippen LogP contribution >= 0.6 is 15.9 Å². The zero-order valence-corrected chi connectivity index (χ0v) is 12.7. The molecule has 0 bridgehead atoms. The number of nitrogens with one attached hydrogen (secondary N) is 1. The van der Waals surface area contributed by atoms with Gasteiger partial charge in [-0.05, 0) is 65.8 Å². The van der Waals surface area contributed by atoms with Gasteiger partial charge in [0.05, 0.1) is 6.54 Å². The van der Waals surface area contributed by atoms with E-state index in [2.05, 4.69) is 21.2 Å². The number of furan rings is 1. The van der Waals surface area contributed by atoms with Crippen molar-refractivity contribution in [2.75, 3.05) is 20.1 Å². The van der Waals surface area contributed by atoms with Crippen molar-refractivity contribution in [1.82, 2.24) is 10.2 Å². The number of rotatable bonds is 3. The molecule has 2 fully saturated rings. The maximum absolute atomic E-state index is 12.4. The van der Waals surface area contributed by atoms with Crippen molar-refractivity contribution < 1.29 is 9.21 Å². The Morgan fingerprint density at radius 1 is 1.53 bits per heavy atom. The molecular formula is C14H19BrN2O2. The van der Waals surface area contributed by atoms with Crippen LogP contribution in [0, 0.1) is 11.3 Å². The summed E-state index contributed by atoms with van der Waals surface area (Å²) in [5.74, 6) is 1.33. The number of nitrogens with zero attached hydrogens (tertiary/aromatic N) is 1. The van der Waals surface area contributed by atoms with Gasteiger partial charge in [0.15, 0.2) is 4.67 Å². The van der Waals surface area contributed by atoms with Crippen molar-refractivity contribution in [3.05, 3.63) is 22.6 Å². The predicted molar refractivity (Wildman–Crippen MR) is 75.5 cm³/mol. The number of carbonyl (C=O) groups is 1. The van der Waals surface area contributed by atoms with Crippen LogP contribution in [0.25, 0.3) is 0 Å². The van der Waals surface area contributed by atoms with Gasteiger partial charge in [0, 0.05) is 13.0 Å². The van der Waals surface area contributed by atoms with Gasteiger partial charge in [0.1, 0.15) is 5.76 Å². The van der Waals surface area contributed by atoms with E-state index in [1.54, 1.807) is 4.90 Å². The lowest BCUT2D eigenvalue weighted by Gasteiger charge is -2.24. The van der Waals surface area contributed by atoms with Gasteiger partial charge in [-0.1, -0.05) is 0 Å². The van der Waals surface area contributed by atoms with Gasteiger partial charge < -0.3 is 14.6 Å². The van der Waals surface area contributed by atoms with E-state index in [1.807, 2.05) is 19.2 Å². The fraction of sp³-hybridized carbons (Fsp3) is 0.643. The molecule has 2 heterocycles. The van der Waals surface area contributed by atoms with E-state index in [-0.39, 0.29) is 11.8 Å². The van der Waals surface area contributed by atoms with Gasteiger partial charge in [-0.2, -0.15) is 0 Å². The van der Waals surface area contributed by atoms with Gasteiger partial charge in [-0.25, -0.2) is 0 Å². The Morgan fingerprint density at radius 3 is 2.89 bits per heavy atom. The van der Waals surface area contributed by atoms with E-state index >= 15 is 0 Å². The molecular weight excluding hydrogens is 308 g/mol. The number of carbonyl (C=O) groups excluding carboxylic acids is 1. The molecule has 5 heteroatoms. The maximum Gasteiger partial charge on any atom is 0.226 e. The summed E-state index contributed by atoms with van der Waals surface area (Å²) in [4.78, 5) is 14.2. The normalized spacial score (nSPS) is 24.4. The van der Waals surface area contributed by atoms with Crippen LogP contribution in [-0.2, 0) is 11.3 Å². The average Bonchev–Trinajstić information content (AvgIpc) is 2.92. The molecule has 2 aliphatic rings. The lowest BCUT2D eigenvalue weighted by molar-refractivity contribution is -0.133. The number of halogens is 1. The summed E-state index contributed by atoms with van der Waals surface area (Å²) in [6.45, 7) is 2.66. The molecule has 1 aliphatic heterocycles. The zero-order valence-electron chi connectivity index (χ0n) is 11.1. The number of piperidine rings is 1. The van der Waals surface area contributed by atoms with Crippen LogP contribution in [0.1, 0.15) is 25.0 Å². The van der Waals surface area contributed by atoms with E-state index < -0.39 is 0 Å². The highest BCUT2D eigenvalue weighted by Gasteiger charge is 2.58. The maximum atomic E-state index is 12.4. The highest BCUT2D eigenvalue weighted by molar-refractivity contribution is 9.10. The fourth-order valence-electron chi connectivity index (χ4n) is 3.19. The first-order valence-electron chi connectivity index (χ1n) is 6.81. The van der Waals surface area contributed by atoms with Crippen LogP contribution in [-0.4, -0.2) is 30.9 Å². The smallest absolute Gasteiger partial charge is 0.226 e. The number of hydrogen-bond donors (Lipinski definition) is 1. The molecule has 0 radical (unpaired) electrons. The summed E-state index contributed by atoms with van der Waals surface area (Å²) in [6.07, 6.45) is 3.35. The summed E-state index contributed by atoms with van der Waals surface area (Å²) in [5, 5.41) is 3.37. The van der Waals surface area contributed by atoms with E-state index in [1.165, 1.54) is 0 Å². The van der Waals surface area contributed by atoms with Gasteiger partial charge in [-0.15, -0.1) is 0 Å². The standard InChI is InChI=1S/C14H19BrN2O2/c1-17(9-10-2-3-12(15)19-10)13(18)11-8-14(11)4-6-16-7-5-14/h2-3,11,16H,4-9H2,1H3. The first kappa shape index (κ1) is 13.2. The summed E-state index contributed by atoms with van der Waals surface area (Å²) in [5.41, 5.74) is 0.306. The minimum atomic E-state index is 0.234. The predicted octanol–water partition coefficient (Wildman–Crippen LogP) is 2.39. The topological polar surface area (TPSA) is 45.5 Å². The van der Waals surface area contributed by atoms with Crippen LogP contribution < -0.4 is 5.32 Å². The van der Waals surface area contributed by atoms with Gasteiger partial charge >= 0.3 is 0 Å². The second kappa shape index (κ2) is 4.94. The summed E-state index contributed by atoms with van der Waals surface area (Å²) >= 11 is 3.28. The second-order valence-corrected chi connectivity index (χ2v) is 6.55. The Morgan fingerprint density at radius 2 is 2.26 bits per heavy atom. The molecule has 19 heavy (non-hydrogen) atoms. The monoisotopic (exact) mass is 326 g/mol. The first-order valence-corrected chi connectivity index (χ1v) is 7.60. The molecule has 1 amide bonds. The molecule has 1 aliphatic carbocycles. The molecule has 0 aromatic carbocycles. The Balaban J connectivity index is 1.59. The lowest BCUT2D eigenvalue weighted by Crippen LogP contribution is -2.34. The summed E-state index contributed by atoms with van der Waals surface area (Å²) in [6, 6.07) is 3.76. The van der Waals surface area contributed by atoms with Crippen LogP contribution in [0.4, 0.5) is 0 Å². The molecule has 1 saturated heterocycles. The Kier molecular flexibility index (Phi) is 3.43. The van der Waals surface area contributed by atoms with Crippen molar-refractivity contribution >= 4 is 21.8 Å². The molecule has 1 atom stereocenters. The lowest BCUT2D eigenvalue weighted by atomic mass is 9.91. The minimum Gasteiger partial charge on any atom is -0.452 e. The molecule has 1 aromatic rings. The van der Waals surface area contributed by atoms with Gasteiger partial charge in [-0.3, -0.25) is 4.79 Å². The van der Waals surface area contributed by atoms with Crippen molar-refractivity contribution in [1.29, 1.82) is 0 Å². The molecule has 1 saturated carbocycles. The Hall–Kier alpha value is -0.810. The minimum absolute atomic E-state index is 0.234. The SMILES string of the molecule is CN(Cc1ccc(Br)o1)C(=O)C1CC12CCNCC2. The molecule has 104 valence electrons. The quantitative estimate of drug-likeness (QED) is 0.927. The van der Waals surface area contributed by atoms with Gasteiger partial charge in [0.25, 0.3) is 0 Å². The summed E-state index contributed by atoms with van der Waals surface area (Å²) in [7, 11) is 1.87. The number of amides is 1. The second-order valence-electron chi connectivity index (χ2n) is 5.77. The van der Waals surface area contributed by atoms with Crippen molar-refractivity contribution in [3.63, 3.8) is 0 Å². The first-order chi connectivity index (χ1) is 9.11. The molecule has 1 spiro atoms. The van der Waals surface area contributed by atoms with E-state index in [0.717, 1.165) is 38.1 Å². The van der Waals surface area contributed by atoms with E-state index in [0.29, 0.717) is 16.6 Å². The van der Waals surface area contributed by atoms with Crippen LogP contribution in [0.5, 0.6) is 0 Å². The molecule has 4 nitrogen and oxygen atoms in total. The Labute approximate surface area is 121 Å². The fourth-order valence-corrected chi connectivity index (χ4v) is 3.53. The highest BCUT2D eigenvalue weighted by atomic mass is 79.9. The molecule has 1 N–H and O–H groups in total. The third-order valence-electron chi connectivity index (χ3n) is 4.49. The highest BCUT2D eigenvalue weighted by Crippen LogP contribution is 2.59. The van der Waals surface area contributed by atoms with E-state index in [9.17, 15) is 4.79 Å². The summed E-state index contributed by atoms with van der Waals surface area (Å²) < 4.78 is 6.17. The van der Waals surface area contributed by atoms with Gasteiger partial charge in [0.2, 0.25) is 5.91 Å². The largest absolute Gasteiger partial charge is 0.452 e. The molecule has 3 rings (SSSR count). The molecule has 1 aromatic heterocycles. The third kappa shape index (κ3) is 2.58. The van der Waals surface area contributed by atoms with Crippen LogP contribution in [0.3, 0.4) is 0 Å². The van der Waals surface area contributed by atoms with Crippen LogP contribution in [0.2, 0.25) is 0 Å². The van der Waals surface area contributed by atoms with Crippen LogP contribution in [0.15, 0.2) is 21.2 Å². The van der Waals surface area contributed by atoms with Crippen molar-refractivity contribution in [2.45, 2.75) is 25.8 Å². The molecule has 1 unspecified atom stereocenters. The zero-order chi connectivity index (χ0) is 13.5. The van der Waals surface area contributed by atoms with Crippen molar-refractivity contribution in [3.8, 4) is 0 Å². The Bertz CT molecular complexity index is 480. The van der Waals surface area contributed by atoms with E-state index in [4.69, 9.17) is 4.42 Å². The van der Waals surface area contributed by atoms with Crippen molar-refractivity contribution in [2.24, 2.45) is 11.3 Å².